The fourth-order valence-corrected chi connectivity index (χ4v) is 3.02. The largest absolute Gasteiger partial charge is 0.347 e. The molecule has 1 aliphatic rings. The Hall–Kier alpha value is -1.10. The van der Waals surface area contributed by atoms with Crippen LogP contribution in [0.3, 0.4) is 0 Å². The minimum atomic E-state index is -0.130. The van der Waals surface area contributed by atoms with E-state index < -0.39 is 0 Å². The van der Waals surface area contributed by atoms with Crippen LogP contribution in [-0.4, -0.2) is 71.8 Å². The third-order valence-corrected chi connectivity index (χ3v) is 3.83. The van der Waals surface area contributed by atoms with Crippen LogP contribution in [0.15, 0.2) is 0 Å². The Bertz CT molecular complexity index is 345. The molecule has 0 saturated carbocycles. The van der Waals surface area contributed by atoms with Gasteiger partial charge >= 0.3 is 0 Å². The summed E-state index contributed by atoms with van der Waals surface area (Å²) in [5, 5.41) is 0. The highest BCUT2D eigenvalue weighted by Gasteiger charge is 2.34. The zero-order chi connectivity index (χ0) is 15.4. The second-order valence-electron chi connectivity index (χ2n) is 6.35. The number of carbonyl (C=O) groups excluding carboxylic acids is 2. The molecule has 0 aromatic heterocycles. The monoisotopic (exact) mass is 283 g/mol. The number of amides is 2. The van der Waals surface area contributed by atoms with E-state index in [-0.39, 0.29) is 29.9 Å². The van der Waals surface area contributed by atoms with Gasteiger partial charge in [0.2, 0.25) is 11.8 Å². The molecule has 0 radical (unpaired) electrons. The second-order valence-corrected chi connectivity index (χ2v) is 6.35. The Morgan fingerprint density at radius 1 is 1.15 bits per heavy atom. The summed E-state index contributed by atoms with van der Waals surface area (Å²) >= 11 is 0. The van der Waals surface area contributed by atoms with Crippen LogP contribution in [-0.2, 0) is 9.59 Å². The highest BCUT2D eigenvalue weighted by molar-refractivity contribution is 5.84. The summed E-state index contributed by atoms with van der Waals surface area (Å²) in [6.45, 7) is 9.31. The van der Waals surface area contributed by atoms with Gasteiger partial charge in [0.15, 0.2) is 0 Å². The van der Waals surface area contributed by atoms with Crippen molar-refractivity contribution in [1.82, 2.24) is 14.7 Å². The van der Waals surface area contributed by atoms with E-state index in [0.717, 1.165) is 19.4 Å². The zero-order valence-electron chi connectivity index (χ0n) is 13.7. The molecule has 1 saturated heterocycles. The highest BCUT2D eigenvalue weighted by Crippen LogP contribution is 2.19. The molecule has 20 heavy (non-hydrogen) atoms. The Balaban J connectivity index is 2.71. The molecule has 1 aliphatic heterocycles. The van der Waals surface area contributed by atoms with Crippen molar-refractivity contribution < 1.29 is 9.59 Å². The van der Waals surface area contributed by atoms with Crippen LogP contribution in [0.25, 0.3) is 0 Å². The number of likely N-dealkylation sites (N-methyl/N-ethyl adjacent to an activating group) is 1. The van der Waals surface area contributed by atoms with Crippen molar-refractivity contribution >= 4 is 11.8 Å². The van der Waals surface area contributed by atoms with E-state index in [4.69, 9.17) is 0 Å². The van der Waals surface area contributed by atoms with Gasteiger partial charge in [0.1, 0.15) is 0 Å². The molecular weight excluding hydrogens is 254 g/mol. The van der Waals surface area contributed by atoms with E-state index in [1.807, 2.05) is 37.5 Å². The molecule has 2 amide bonds. The van der Waals surface area contributed by atoms with Crippen molar-refractivity contribution in [1.29, 1.82) is 0 Å². The lowest BCUT2D eigenvalue weighted by molar-refractivity contribution is -0.139. The predicted octanol–water partition coefficient (Wildman–Crippen LogP) is 1.18. The summed E-state index contributed by atoms with van der Waals surface area (Å²) in [5.41, 5.74) is 0. The minimum Gasteiger partial charge on any atom is -0.347 e. The summed E-state index contributed by atoms with van der Waals surface area (Å²) in [4.78, 5) is 30.2. The standard InChI is InChI=1S/C15H29N3O2/c1-11(2)18(12(3)4)14(19)10-17-9-7-8-13(17)15(20)16(5)6/h11-13H,7-10H2,1-6H3/t13-/m1/s1. The SMILES string of the molecule is CC(C)N(C(=O)CN1CCC[C@@H]1C(=O)N(C)C)C(C)C. The highest BCUT2D eigenvalue weighted by atomic mass is 16.2. The molecule has 0 unspecified atom stereocenters. The van der Waals surface area contributed by atoms with Crippen molar-refractivity contribution in [2.24, 2.45) is 0 Å². The lowest BCUT2D eigenvalue weighted by Gasteiger charge is -2.33. The third kappa shape index (κ3) is 3.95. The van der Waals surface area contributed by atoms with E-state index in [1.54, 1.807) is 19.0 Å². The van der Waals surface area contributed by atoms with Crippen LogP contribution in [0.4, 0.5) is 0 Å². The summed E-state index contributed by atoms with van der Waals surface area (Å²) in [5.74, 6) is 0.226. The van der Waals surface area contributed by atoms with Gasteiger partial charge in [-0.3, -0.25) is 14.5 Å². The summed E-state index contributed by atoms with van der Waals surface area (Å²) in [6, 6.07) is 0.247. The fourth-order valence-electron chi connectivity index (χ4n) is 3.02. The molecule has 0 aromatic carbocycles. The average molecular weight is 283 g/mol. The number of hydrogen-bond donors (Lipinski definition) is 0. The number of likely N-dealkylation sites (tertiary alicyclic amines) is 1. The van der Waals surface area contributed by atoms with Gasteiger partial charge in [0.05, 0.1) is 12.6 Å². The van der Waals surface area contributed by atoms with Gasteiger partial charge < -0.3 is 9.80 Å². The predicted molar refractivity (Wildman–Crippen MR) is 80.4 cm³/mol. The van der Waals surface area contributed by atoms with E-state index in [0.29, 0.717) is 6.54 Å². The first-order valence-corrected chi connectivity index (χ1v) is 7.52. The fraction of sp³-hybridized carbons (Fsp3) is 0.867. The van der Waals surface area contributed by atoms with Gasteiger partial charge in [-0.15, -0.1) is 0 Å². The maximum atomic E-state index is 12.5. The van der Waals surface area contributed by atoms with Gasteiger partial charge in [-0.1, -0.05) is 0 Å². The first kappa shape index (κ1) is 17.0. The van der Waals surface area contributed by atoms with Gasteiger partial charge in [-0.2, -0.15) is 0 Å². The average Bonchev–Trinajstić information content (AvgIpc) is 2.74. The van der Waals surface area contributed by atoms with E-state index in [9.17, 15) is 9.59 Å². The first-order chi connectivity index (χ1) is 9.25. The number of hydrogen-bond acceptors (Lipinski definition) is 3. The lowest BCUT2D eigenvalue weighted by Crippen LogP contribution is -2.50. The minimum absolute atomic E-state index is 0.107. The summed E-state index contributed by atoms with van der Waals surface area (Å²) in [7, 11) is 3.55. The molecule has 1 fully saturated rings. The number of rotatable bonds is 5. The lowest BCUT2D eigenvalue weighted by atomic mass is 10.2. The maximum Gasteiger partial charge on any atom is 0.239 e. The van der Waals surface area contributed by atoms with Gasteiger partial charge in [-0.05, 0) is 47.1 Å². The molecule has 0 spiro atoms. The topological polar surface area (TPSA) is 43.9 Å². The second kappa shape index (κ2) is 7.07. The molecule has 1 rings (SSSR count). The maximum absolute atomic E-state index is 12.5. The van der Waals surface area contributed by atoms with Crippen molar-refractivity contribution in [2.75, 3.05) is 27.2 Å². The molecule has 0 N–H and O–H groups in total. The van der Waals surface area contributed by atoms with E-state index >= 15 is 0 Å². The van der Waals surface area contributed by atoms with Crippen LogP contribution in [0.1, 0.15) is 40.5 Å². The van der Waals surface area contributed by atoms with Crippen LogP contribution in [0.2, 0.25) is 0 Å². The Labute approximate surface area is 122 Å². The normalized spacial score (nSPS) is 19.7. The Kier molecular flexibility index (Phi) is 5.99. The molecule has 116 valence electrons. The Morgan fingerprint density at radius 2 is 1.70 bits per heavy atom. The smallest absolute Gasteiger partial charge is 0.239 e. The number of carbonyl (C=O) groups is 2. The van der Waals surface area contributed by atoms with E-state index in [1.165, 1.54) is 0 Å². The van der Waals surface area contributed by atoms with Crippen molar-refractivity contribution in [3.8, 4) is 0 Å². The first-order valence-electron chi connectivity index (χ1n) is 7.52. The zero-order valence-corrected chi connectivity index (χ0v) is 13.7. The van der Waals surface area contributed by atoms with Crippen molar-refractivity contribution in [3.05, 3.63) is 0 Å². The van der Waals surface area contributed by atoms with Crippen molar-refractivity contribution in [3.63, 3.8) is 0 Å². The number of nitrogens with zero attached hydrogens (tertiary/aromatic N) is 3. The molecule has 0 bridgehead atoms. The third-order valence-electron chi connectivity index (χ3n) is 3.83. The van der Waals surface area contributed by atoms with Crippen molar-refractivity contribution in [2.45, 2.75) is 58.7 Å². The quantitative estimate of drug-likeness (QED) is 0.761. The molecule has 5 heteroatoms. The van der Waals surface area contributed by atoms with Gasteiger partial charge in [0.25, 0.3) is 0 Å². The van der Waals surface area contributed by atoms with Crippen LogP contribution in [0, 0.1) is 0 Å². The molecule has 5 nitrogen and oxygen atoms in total. The molecule has 0 aliphatic carbocycles. The molecular formula is C15H29N3O2. The Morgan fingerprint density at radius 3 is 2.15 bits per heavy atom. The van der Waals surface area contributed by atoms with Gasteiger partial charge in [0, 0.05) is 26.2 Å². The summed E-state index contributed by atoms with van der Waals surface area (Å²) in [6.07, 6.45) is 1.84. The molecule has 0 aromatic rings. The molecule has 1 heterocycles. The van der Waals surface area contributed by atoms with E-state index in [2.05, 4.69) is 0 Å². The summed E-state index contributed by atoms with van der Waals surface area (Å²) < 4.78 is 0. The van der Waals surface area contributed by atoms with Gasteiger partial charge in [-0.25, -0.2) is 0 Å². The van der Waals surface area contributed by atoms with Crippen LogP contribution >= 0.6 is 0 Å². The van der Waals surface area contributed by atoms with Crippen LogP contribution in [0.5, 0.6) is 0 Å². The van der Waals surface area contributed by atoms with Crippen LogP contribution < -0.4 is 0 Å². The molecule has 1 atom stereocenters.